The molecule has 3 unspecified atom stereocenters. The molecule has 1 aromatic carbocycles. The number of hydrogen-bond donors (Lipinski definition) is 3. The number of rotatable bonds is 7. The molecular formula is C20H30N4O2S. The maximum absolute atomic E-state index is 11.6. The summed E-state index contributed by atoms with van der Waals surface area (Å²) in [5.74, 6) is 1.45. The Morgan fingerprint density at radius 1 is 1.26 bits per heavy atom. The van der Waals surface area contributed by atoms with Crippen LogP contribution in [0.4, 0.5) is 0 Å². The lowest BCUT2D eigenvalue weighted by atomic mass is 9.83. The number of aliphatic imine (C=N–C) groups is 1. The smallest absolute Gasteiger partial charge is 0.115 e. The molecule has 0 amide bonds. The van der Waals surface area contributed by atoms with Gasteiger partial charge in [-0.3, -0.25) is 5.41 Å². The van der Waals surface area contributed by atoms with E-state index in [0.717, 1.165) is 50.7 Å². The van der Waals surface area contributed by atoms with Gasteiger partial charge in [0.05, 0.1) is 24.8 Å². The summed E-state index contributed by atoms with van der Waals surface area (Å²) in [5, 5.41) is 10.5. The number of ether oxygens (including phenoxy) is 1. The maximum Gasteiger partial charge on any atom is 0.115 e. The molecule has 1 heterocycles. The van der Waals surface area contributed by atoms with Crippen molar-refractivity contribution in [3.63, 3.8) is 0 Å². The summed E-state index contributed by atoms with van der Waals surface area (Å²) in [6.07, 6.45) is 9.07. The predicted molar refractivity (Wildman–Crippen MR) is 111 cm³/mol. The van der Waals surface area contributed by atoms with Crippen molar-refractivity contribution in [2.45, 2.75) is 62.6 Å². The van der Waals surface area contributed by atoms with Gasteiger partial charge in [0, 0.05) is 17.8 Å². The van der Waals surface area contributed by atoms with Crippen LogP contribution in [0, 0.1) is 5.41 Å². The van der Waals surface area contributed by atoms with Gasteiger partial charge in [-0.2, -0.15) is 0 Å². The maximum atomic E-state index is 11.6. The van der Waals surface area contributed by atoms with E-state index in [0.29, 0.717) is 12.5 Å². The Morgan fingerprint density at radius 3 is 2.67 bits per heavy atom. The first-order valence-electron chi connectivity index (χ1n) is 9.74. The minimum absolute atomic E-state index is 0.0215. The monoisotopic (exact) mass is 390 g/mol. The molecule has 3 rings (SSSR count). The molecule has 0 bridgehead atoms. The van der Waals surface area contributed by atoms with E-state index < -0.39 is 11.4 Å². The average Bonchev–Trinajstić information content (AvgIpc) is 2.69. The largest absolute Gasteiger partial charge is 0.598 e. The molecule has 0 radical (unpaired) electrons. The number of amidine groups is 1. The molecule has 2 aliphatic rings. The van der Waals surface area contributed by atoms with Crippen molar-refractivity contribution in [2.75, 3.05) is 12.9 Å². The first-order valence-corrected chi connectivity index (χ1v) is 11.3. The van der Waals surface area contributed by atoms with Gasteiger partial charge in [-0.15, -0.1) is 4.72 Å². The van der Waals surface area contributed by atoms with Crippen LogP contribution in [0.15, 0.2) is 35.3 Å². The van der Waals surface area contributed by atoms with Crippen molar-refractivity contribution in [1.29, 1.82) is 5.41 Å². The molecule has 27 heavy (non-hydrogen) atoms. The second-order valence-electron chi connectivity index (χ2n) is 7.39. The van der Waals surface area contributed by atoms with Crippen molar-refractivity contribution >= 4 is 23.5 Å². The fraction of sp³-hybridized carbons (Fsp3) is 0.600. The first kappa shape index (κ1) is 20.3. The van der Waals surface area contributed by atoms with Gasteiger partial charge in [-0.1, -0.05) is 30.3 Å². The van der Waals surface area contributed by atoms with Crippen molar-refractivity contribution in [2.24, 2.45) is 4.99 Å². The topological polar surface area (TPSA) is 92.6 Å². The Balaban J connectivity index is 1.49. The van der Waals surface area contributed by atoms with E-state index in [4.69, 9.17) is 10.1 Å². The molecule has 1 aromatic rings. The van der Waals surface area contributed by atoms with Gasteiger partial charge in [0.15, 0.2) is 0 Å². The van der Waals surface area contributed by atoms with Crippen molar-refractivity contribution in [3.8, 4) is 0 Å². The third-order valence-electron chi connectivity index (χ3n) is 5.52. The van der Waals surface area contributed by atoms with Gasteiger partial charge in [0.2, 0.25) is 0 Å². The van der Waals surface area contributed by atoms with Crippen LogP contribution in [0.2, 0.25) is 0 Å². The van der Waals surface area contributed by atoms with Crippen LogP contribution in [-0.4, -0.2) is 47.8 Å². The lowest BCUT2D eigenvalue weighted by Crippen LogP contribution is -2.57. The number of piperidine rings is 1. The Hall–Kier alpha value is -1.41. The minimum Gasteiger partial charge on any atom is -0.598 e. The van der Waals surface area contributed by atoms with E-state index in [1.807, 2.05) is 0 Å². The summed E-state index contributed by atoms with van der Waals surface area (Å²) in [5.41, 5.74) is 1.44. The van der Waals surface area contributed by atoms with Gasteiger partial charge in [0.1, 0.15) is 18.4 Å². The van der Waals surface area contributed by atoms with Gasteiger partial charge in [0.25, 0.3) is 0 Å². The molecular weight excluding hydrogens is 360 g/mol. The molecule has 1 aliphatic carbocycles. The van der Waals surface area contributed by atoms with Crippen LogP contribution in [-0.2, 0) is 16.1 Å². The van der Waals surface area contributed by atoms with Crippen LogP contribution in [0.3, 0.4) is 0 Å². The summed E-state index contributed by atoms with van der Waals surface area (Å²) >= 11 is -1.06. The zero-order valence-corrected chi connectivity index (χ0v) is 16.7. The van der Waals surface area contributed by atoms with Crippen LogP contribution >= 0.6 is 0 Å². The van der Waals surface area contributed by atoms with Crippen molar-refractivity contribution in [3.05, 3.63) is 35.9 Å². The standard InChI is InChI=1S/C20H30N4O2S/c1-27(25)24-18-11-12-20(22-14-21)23-19(18)13-26-17-9-7-16(8-10-17)15-5-3-2-4-6-15/h2-6,14,16-19,24H,7-13H2,1H3,(H2,21,22,23)/t16-,17+,18?,19?,27?. The van der Waals surface area contributed by atoms with Crippen LogP contribution in [0.25, 0.3) is 0 Å². The molecule has 1 saturated carbocycles. The highest BCUT2D eigenvalue weighted by molar-refractivity contribution is 7.88. The zero-order valence-electron chi connectivity index (χ0n) is 15.9. The number of hydrogen-bond acceptors (Lipinski definition) is 4. The van der Waals surface area contributed by atoms with Gasteiger partial charge < -0.3 is 14.6 Å². The van der Waals surface area contributed by atoms with E-state index in [9.17, 15) is 4.55 Å². The Bertz CT molecular complexity index is 618. The first-order chi connectivity index (χ1) is 13.2. The fourth-order valence-corrected chi connectivity index (χ4v) is 4.81. The van der Waals surface area contributed by atoms with E-state index in [1.165, 1.54) is 5.56 Å². The molecule has 0 aromatic heterocycles. The van der Waals surface area contributed by atoms with Crippen molar-refractivity contribution < 1.29 is 9.29 Å². The summed E-state index contributed by atoms with van der Waals surface area (Å²) in [6.45, 7) is 0.562. The van der Waals surface area contributed by atoms with Crippen molar-refractivity contribution in [1.82, 2.24) is 10.0 Å². The van der Waals surface area contributed by atoms with Gasteiger partial charge >= 0.3 is 0 Å². The summed E-state index contributed by atoms with van der Waals surface area (Å²) in [4.78, 5) is 4.07. The SMILES string of the molecule is C[S+]([O-])NC1CC/C(=N/C=N)NC1CO[C@H]1CC[C@@H](c2ccccc2)CC1. The molecule has 2 fully saturated rings. The normalized spacial score (nSPS) is 31.3. The van der Waals surface area contributed by atoms with E-state index in [-0.39, 0.29) is 18.2 Å². The highest BCUT2D eigenvalue weighted by Crippen LogP contribution is 2.34. The Morgan fingerprint density at radius 2 is 2.00 bits per heavy atom. The second kappa shape index (κ2) is 10.2. The highest BCUT2D eigenvalue weighted by Gasteiger charge is 2.31. The highest BCUT2D eigenvalue weighted by atomic mass is 32.2. The molecule has 3 N–H and O–H groups in total. The third-order valence-corrected chi connectivity index (χ3v) is 6.16. The molecule has 3 atom stereocenters. The van der Waals surface area contributed by atoms with E-state index >= 15 is 0 Å². The molecule has 148 valence electrons. The number of nitrogens with zero attached hydrogens (tertiary/aromatic N) is 1. The fourth-order valence-electron chi connectivity index (χ4n) is 4.10. The lowest BCUT2D eigenvalue weighted by Gasteiger charge is -2.35. The number of benzene rings is 1. The quantitative estimate of drug-likeness (QED) is 0.379. The predicted octanol–water partition coefficient (Wildman–Crippen LogP) is 2.74. The molecule has 1 aliphatic heterocycles. The molecule has 7 heteroatoms. The Kier molecular flexibility index (Phi) is 7.70. The Labute approximate surface area is 165 Å². The second-order valence-corrected chi connectivity index (χ2v) is 8.53. The summed E-state index contributed by atoms with van der Waals surface area (Å²) < 4.78 is 21.0. The molecule has 0 spiro atoms. The third kappa shape index (κ3) is 6.04. The van der Waals surface area contributed by atoms with E-state index in [1.54, 1.807) is 6.26 Å². The lowest BCUT2D eigenvalue weighted by molar-refractivity contribution is 0.00952. The van der Waals surface area contributed by atoms with Gasteiger partial charge in [-0.25, -0.2) is 4.99 Å². The molecule has 1 saturated heterocycles. The van der Waals surface area contributed by atoms with Crippen LogP contribution in [0.1, 0.15) is 50.0 Å². The zero-order chi connectivity index (χ0) is 19.1. The number of nitrogens with one attached hydrogen (secondary N) is 3. The minimum atomic E-state index is -1.06. The van der Waals surface area contributed by atoms with E-state index in [2.05, 4.69) is 45.4 Å². The van der Waals surface area contributed by atoms with Gasteiger partial charge in [-0.05, 0) is 43.6 Å². The summed E-state index contributed by atoms with van der Waals surface area (Å²) in [7, 11) is 0. The van der Waals surface area contributed by atoms with Crippen LogP contribution < -0.4 is 10.0 Å². The van der Waals surface area contributed by atoms with Crippen LogP contribution in [0.5, 0.6) is 0 Å². The average molecular weight is 391 g/mol. The summed E-state index contributed by atoms with van der Waals surface area (Å²) in [6, 6.07) is 10.9. The molecule has 6 nitrogen and oxygen atoms in total.